The van der Waals surface area contributed by atoms with Crippen molar-refractivity contribution in [2.45, 2.75) is 45.1 Å². The van der Waals surface area contributed by atoms with E-state index in [9.17, 15) is 4.79 Å². The molecule has 0 radical (unpaired) electrons. The number of hydrogen-bond donors (Lipinski definition) is 2. The molecule has 14 heavy (non-hydrogen) atoms. The maximum atomic E-state index is 11.2. The lowest BCUT2D eigenvalue weighted by Gasteiger charge is -2.10. The van der Waals surface area contributed by atoms with Crippen molar-refractivity contribution in [2.75, 3.05) is 13.2 Å². The Morgan fingerprint density at radius 3 is 2.64 bits per heavy atom. The Labute approximate surface area is 86.0 Å². The zero-order chi connectivity index (χ0) is 10.8. The second-order valence-corrected chi connectivity index (χ2v) is 3.41. The van der Waals surface area contributed by atoms with Crippen molar-refractivity contribution < 1.29 is 9.53 Å². The lowest BCUT2D eigenvalue weighted by atomic mass is 10.2. The van der Waals surface area contributed by atoms with E-state index in [2.05, 4.69) is 6.92 Å². The van der Waals surface area contributed by atoms with Gasteiger partial charge in [-0.15, -0.1) is 0 Å². The third kappa shape index (κ3) is 6.86. The van der Waals surface area contributed by atoms with E-state index in [4.69, 9.17) is 16.2 Å². The van der Waals surface area contributed by atoms with E-state index in [-0.39, 0.29) is 5.97 Å². The third-order valence-corrected chi connectivity index (χ3v) is 2.01. The first-order chi connectivity index (χ1) is 6.72. The molecule has 0 saturated carbocycles. The highest BCUT2D eigenvalue weighted by Gasteiger charge is 2.13. The number of carbonyl (C=O) groups excluding carboxylic acids is 1. The maximum Gasteiger partial charge on any atom is 0.322 e. The van der Waals surface area contributed by atoms with Gasteiger partial charge < -0.3 is 16.2 Å². The number of ether oxygens (including phenoxy) is 1. The Bertz CT molecular complexity index is 151. The molecule has 0 aliphatic carbocycles. The van der Waals surface area contributed by atoms with Crippen molar-refractivity contribution in [2.24, 2.45) is 11.5 Å². The summed E-state index contributed by atoms with van der Waals surface area (Å²) in [4.78, 5) is 11.2. The van der Waals surface area contributed by atoms with Gasteiger partial charge in [0.2, 0.25) is 0 Å². The molecule has 0 aromatic carbocycles. The largest absolute Gasteiger partial charge is 0.465 e. The fourth-order valence-corrected chi connectivity index (χ4v) is 1.09. The monoisotopic (exact) mass is 202 g/mol. The van der Waals surface area contributed by atoms with Gasteiger partial charge in [-0.2, -0.15) is 0 Å². The van der Waals surface area contributed by atoms with E-state index in [1.54, 1.807) is 0 Å². The molecule has 0 saturated heterocycles. The first-order valence-corrected chi connectivity index (χ1v) is 5.34. The Hall–Kier alpha value is -0.610. The molecule has 84 valence electrons. The molecule has 4 N–H and O–H groups in total. The predicted octanol–water partition coefficient (Wildman–Crippen LogP) is 0.786. The molecule has 0 fully saturated rings. The van der Waals surface area contributed by atoms with Crippen LogP contribution in [0.4, 0.5) is 0 Å². The van der Waals surface area contributed by atoms with E-state index in [1.165, 1.54) is 0 Å². The van der Waals surface area contributed by atoms with E-state index >= 15 is 0 Å². The van der Waals surface area contributed by atoms with E-state index in [0.717, 1.165) is 25.7 Å². The summed E-state index contributed by atoms with van der Waals surface area (Å²) in [5, 5.41) is 0. The van der Waals surface area contributed by atoms with Crippen molar-refractivity contribution in [3.63, 3.8) is 0 Å². The van der Waals surface area contributed by atoms with Gasteiger partial charge in [0.1, 0.15) is 6.04 Å². The van der Waals surface area contributed by atoms with Crippen LogP contribution in [0.5, 0.6) is 0 Å². The van der Waals surface area contributed by atoms with Crippen molar-refractivity contribution in [1.82, 2.24) is 0 Å². The second-order valence-electron chi connectivity index (χ2n) is 3.41. The highest BCUT2D eigenvalue weighted by Crippen LogP contribution is 1.99. The molecule has 0 rings (SSSR count). The van der Waals surface area contributed by atoms with Crippen molar-refractivity contribution in [3.05, 3.63) is 0 Å². The number of rotatable bonds is 8. The van der Waals surface area contributed by atoms with Crippen LogP contribution < -0.4 is 11.5 Å². The van der Waals surface area contributed by atoms with Crippen LogP contribution in [0, 0.1) is 0 Å². The SMILES string of the molecule is CCCCCOC(=O)[C@H](N)CCCN. The number of unbranched alkanes of at least 4 members (excludes halogenated alkanes) is 2. The lowest BCUT2D eigenvalue weighted by molar-refractivity contribution is -0.145. The Morgan fingerprint density at radius 2 is 2.07 bits per heavy atom. The Balaban J connectivity index is 3.42. The van der Waals surface area contributed by atoms with Gasteiger partial charge >= 0.3 is 5.97 Å². The molecule has 0 amide bonds. The molecule has 0 aliphatic heterocycles. The Kier molecular flexibility index (Phi) is 8.57. The molecular weight excluding hydrogens is 180 g/mol. The smallest absolute Gasteiger partial charge is 0.322 e. The molecule has 1 atom stereocenters. The minimum absolute atomic E-state index is 0.297. The third-order valence-electron chi connectivity index (χ3n) is 2.01. The highest BCUT2D eigenvalue weighted by molar-refractivity contribution is 5.75. The van der Waals surface area contributed by atoms with Crippen LogP contribution in [0.2, 0.25) is 0 Å². The van der Waals surface area contributed by atoms with Crippen molar-refractivity contribution in [1.29, 1.82) is 0 Å². The molecule has 0 aromatic rings. The van der Waals surface area contributed by atoms with Crippen molar-refractivity contribution in [3.8, 4) is 0 Å². The quantitative estimate of drug-likeness (QED) is 0.450. The van der Waals surface area contributed by atoms with Crippen LogP contribution in [0.1, 0.15) is 39.0 Å². The normalized spacial score (nSPS) is 12.5. The average Bonchev–Trinajstić information content (AvgIpc) is 2.20. The molecule has 0 aliphatic rings. The number of nitrogens with two attached hydrogens (primary N) is 2. The molecule has 0 unspecified atom stereocenters. The van der Waals surface area contributed by atoms with E-state index in [0.29, 0.717) is 19.6 Å². The summed E-state index contributed by atoms with van der Waals surface area (Å²) in [7, 11) is 0. The summed E-state index contributed by atoms with van der Waals surface area (Å²) in [6.07, 6.45) is 4.52. The van der Waals surface area contributed by atoms with Gasteiger partial charge in [0.05, 0.1) is 6.61 Å². The zero-order valence-electron chi connectivity index (χ0n) is 9.00. The van der Waals surface area contributed by atoms with Crippen LogP contribution in [0.15, 0.2) is 0 Å². The summed E-state index contributed by atoms with van der Waals surface area (Å²) in [6, 6.07) is -0.500. The first kappa shape index (κ1) is 13.4. The fraction of sp³-hybridized carbons (Fsp3) is 0.900. The molecule has 0 spiro atoms. The topological polar surface area (TPSA) is 78.3 Å². The van der Waals surface area contributed by atoms with E-state index in [1.807, 2.05) is 0 Å². The lowest BCUT2D eigenvalue weighted by Crippen LogP contribution is -2.33. The number of hydrogen-bond acceptors (Lipinski definition) is 4. The molecule has 0 aromatic heterocycles. The van der Waals surface area contributed by atoms with Crippen LogP contribution in [0.3, 0.4) is 0 Å². The van der Waals surface area contributed by atoms with Crippen LogP contribution in [0.25, 0.3) is 0 Å². The highest BCUT2D eigenvalue weighted by atomic mass is 16.5. The maximum absolute atomic E-state index is 11.2. The van der Waals surface area contributed by atoms with Crippen LogP contribution in [-0.4, -0.2) is 25.2 Å². The van der Waals surface area contributed by atoms with Gasteiger partial charge in [-0.3, -0.25) is 4.79 Å². The minimum Gasteiger partial charge on any atom is -0.465 e. The zero-order valence-corrected chi connectivity index (χ0v) is 9.00. The molecule has 0 heterocycles. The standard InChI is InChI=1S/C10H22N2O2/c1-2-3-4-8-14-10(13)9(12)6-5-7-11/h9H,2-8,11-12H2,1H3/t9-/m1/s1. The van der Waals surface area contributed by atoms with Gasteiger partial charge in [0.15, 0.2) is 0 Å². The summed E-state index contributed by atoms with van der Waals surface area (Å²) < 4.78 is 5.00. The number of carbonyl (C=O) groups is 1. The summed E-state index contributed by atoms with van der Waals surface area (Å²) >= 11 is 0. The van der Waals surface area contributed by atoms with Gasteiger partial charge in [0.25, 0.3) is 0 Å². The van der Waals surface area contributed by atoms with Crippen molar-refractivity contribution >= 4 is 5.97 Å². The number of esters is 1. The average molecular weight is 202 g/mol. The minimum atomic E-state index is -0.500. The Morgan fingerprint density at radius 1 is 1.36 bits per heavy atom. The molecule has 4 heteroatoms. The fourth-order valence-electron chi connectivity index (χ4n) is 1.09. The molecule has 4 nitrogen and oxygen atoms in total. The van der Waals surface area contributed by atoms with Crippen LogP contribution >= 0.6 is 0 Å². The van der Waals surface area contributed by atoms with Gasteiger partial charge in [-0.1, -0.05) is 19.8 Å². The van der Waals surface area contributed by atoms with Gasteiger partial charge in [-0.25, -0.2) is 0 Å². The molecular formula is C10H22N2O2. The second kappa shape index (κ2) is 8.97. The molecule has 0 bridgehead atoms. The van der Waals surface area contributed by atoms with Gasteiger partial charge in [0, 0.05) is 0 Å². The summed E-state index contributed by atoms with van der Waals surface area (Å²) in [5.74, 6) is -0.297. The summed E-state index contributed by atoms with van der Waals surface area (Å²) in [5.41, 5.74) is 10.9. The summed E-state index contributed by atoms with van der Waals surface area (Å²) in [6.45, 7) is 3.16. The first-order valence-electron chi connectivity index (χ1n) is 5.34. The van der Waals surface area contributed by atoms with Gasteiger partial charge in [-0.05, 0) is 25.8 Å². The van der Waals surface area contributed by atoms with E-state index < -0.39 is 6.04 Å². The van der Waals surface area contributed by atoms with Crippen LogP contribution in [-0.2, 0) is 9.53 Å². The predicted molar refractivity (Wildman–Crippen MR) is 56.7 cm³/mol.